The zero-order chi connectivity index (χ0) is 13.1. The Kier molecular flexibility index (Phi) is 4.26. The Bertz CT molecular complexity index is 566. The van der Waals surface area contributed by atoms with Crippen LogP contribution in [0, 0.1) is 0 Å². The van der Waals surface area contributed by atoms with Crippen LogP contribution in [0.25, 0.3) is 0 Å². The normalized spacial score (nSPS) is 12.9. The third-order valence-electron chi connectivity index (χ3n) is 1.90. The highest BCUT2D eigenvalue weighted by atomic mass is 32.2. The van der Waals surface area contributed by atoms with Crippen LogP contribution in [0.2, 0.25) is 0 Å². The van der Waals surface area contributed by atoms with E-state index < -0.39 is 20.0 Å². The van der Waals surface area contributed by atoms with Crippen molar-refractivity contribution in [3.63, 3.8) is 0 Å². The summed E-state index contributed by atoms with van der Waals surface area (Å²) in [5.41, 5.74) is 0.592. The van der Waals surface area contributed by atoms with Crippen molar-refractivity contribution in [2.45, 2.75) is 5.75 Å². The first-order valence-corrected chi connectivity index (χ1v) is 8.19. The molecule has 0 heterocycles. The van der Waals surface area contributed by atoms with Crippen LogP contribution in [-0.2, 0) is 25.8 Å². The Morgan fingerprint density at radius 1 is 1.12 bits per heavy atom. The van der Waals surface area contributed by atoms with Gasteiger partial charge in [-0.15, -0.1) is 9.25 Å². The summed E-state index contributed by atoms with van der Waals surface area (Å²) in [6.45, 7) is 0. The molecule has 0 radical (unpaired) electrons. The molecule has 8 heteroatoms. The van der Waals surface area contributed by atoms with Crippen LogP contribution >= 0.6 is 0 Å². The summed E-state index contributed by atoms with van der Waals surface area (Å²) in [5.74, 6) is -0.257. The van der Waals surface area contributed by atoms with Crippen LogP contribution in [0.4, 0.5) is 0 Å². The fraction of sp³-hybridized carbons (Fsp3) is 0.333. The number of nitrogens with one attached hydrogen (secondary N) is 1. The molecule has 1 aromatic rings. The van der Waals surface area contributed by atoms with Crippen molar-refractivity contribution in [1.29, 1.82) is 0 Å². The van der Waals surface area contributed by atoms with Gasteiger partial charge in [0.1, 0.15) is 0 Å². The maximum atomic E-state index is 11.8. The van der Waals surface area contributed by atoms with Gasteiger partial charge < -0.3 is 0 Å². The van der Waals surface area contributed by atoms with Crippen LogP contribution in [0.1, 0.15) is 5.56 Å². The van der Waals surface area contributed by atoms with Crippen molar-refractivity contribution in [3.05, 3.63) is 35.9 Å². The minimum Gasteiger partial charge on any atom is -0.211 e. The van der Waals surface area contributed by atoms with E-state index in [-0.39, 0.29) is 5.75 Å². The summed E-state index contributed by atoms with van der Waals surface area (Å²) in [6, 6.07) is 8.52. The van der Waals surface area contributed by atoms with Crippen molar-refractivity contribution in [1.82, 2.24) is 9.25 Å². The Morgan fingerprint density at radius 2 is 1.65 bits per heavy atom. The van der Waals surface area contributed by atoms with Crippen LogP contribution < -0.4 is 4.83 Å². The van der Waals surface area contributed by atoms with Gasteiger partial charge in [-0.2, -0.15) is 0 Å². The Morgan fingerprint density at radius 3 is 2.12 bits per heavy atom. The van der Waals surface area contributed by atoms with Gasteiger partial charge in [0.05, 0.1) is 12.0 Å². The number of nitrogens with zero attached hydrogens (tertiary/aromatic N) is 1. The smallest absolute Gasteiger partial charge is 0.211 e. The lowest BCUT2D eigenvalue weighted by Crippen LogP contribution is -2.43. The molecule has 1 N–H and O–H groups in total. The van der Waals surface area contributed by atoms with Crippen molar-refractivity contribution in [2.24, 2.45) is 0 Å². The number of hydrogen-bond acceptors (Lipinski definition) is 4. The van der Waals surface area contributed by atoms with E-state index in [1.807, 2.05) is 4.83 Å². The fourth-order valence-corrected chi connectivity index (χ4v) is 3.31. The van der Waals surface area contributed by atoms with Crippen LogP contribution in [0.3, 0.4) is 0 Å². The summed E-state index contributed by atoms with van der Waals surface area (Å²) in [5, 5.41) is 0. The molecule has 0 saturated carbocycles. The van der Waals surface area contributed by atoms with E-state index in [1.165, 1.54) is 0 Å². The standard InChI is InChI=1S/C9H14N2O4S2/c1-11(10-16(2,12)13)17(14,15)8-9-6-4-3-5-7-9/h3-7,10H,8H2,1-2H3. The number of rotatable bonds is 5. The zero-order valence-corrected chi connectivity index (χ0v) is 11.1. The van der Waals surface area contributed by atoms with E-state index in [9.17, 15) is 16.8 Å². The lowest BCUT2D eigenvalue weighted by Gasteiger charge is -2.16. The quantitative estimate of drug-likeness (QED) is 0.763. The average Bonchev–Trinajstić information content (AvgIpc) is 2.15. The maximum absolute atomic E-state index is 11.8. The van der Waals surface area contributed by atoms with E-state index in [0.717, 1.165) is 13.3 Å². The molecule has 0 saturated heterocycles. The molecule has 1 rings (SSSR count). The van der Waals surface area contributed by atoms with E-state index in [2.05, 4.69) is 0 Å². The minimum absolute atomic E-state index is 0.257. The van der Waals surface area contributed by atoms with Gasteiger partial charge in [-0.3, -0.25) is 0 Å². The molecule has 0 aliphatic carbocycles. The van der Waals surface area contributed by atoms with Gasteiger partial charge in [-0.1, -0.05) is 30.3 Å². The number of sulfonamides is 2. The van der Waals surface area contributed by atoms with E-state index >= 15 is 0 Å². The van der Waals surface area contributed by atoms with Crippen LogP contribution in [-0.4, -0.2) is 34.6 Å². The van der Waals surface area contributed by atoms with E-state index in [0.29, 0.717) is 9.98 Å². The van der Waals surface area contributed by atoms with Crippen LogP contribution in [0.15, 0.2) is 30.3 Å². The second kappa shape index (κ2) is 5.13. The van der Waals surface area contributed by atoms with Gasteiger partial charge in [0, 0.05) is 7.05 Å². The molecule has 0 atom stereocenters. The molecule has 0 unspecified atom stereocenters. The molecule has 0 aromatic heterocycles. The summed E-state index contributed by atoms with van der Waals surface area (Å²) >= 11 is 0. The molecule has 96 valence electrons. The third-order valence-corrected chi connectivity index (χ3v) is 4.25. The number of benzene rings is 1. The van der Waals surface area contributed by atoms with Crippen molar-refractivity contribution < 1.29 is 16.8 Å². The molecule has 0 fully saturated rings. The lowest BCUT2D eigenvalue weighted by atomic mass is 10.2. The second-order valence-electron chi connectivity index (χ2n) is 3.57. The predicted molar refractivity (Wildman–Crippen MR) is 64.8 cm³/mol. The first-order valence-electron chi connectivity index (χ1n) is 4.69. The second-order valence-corrected chi connectivity index (χ2v) is 7.30. The maximum Gasteiger partial charge on any atom is 0.231 e. The summed E-state index contributed by atoms with van der Waals surface area (Å²) in [6.07, 6.45) is 0.890. The van der Waals surface area contributed by atoms with Crippen LogP contribution in [0.5, 0.6) is 0 Å². The van der Waals surface area contributed by atoms with Crippen molar-refractivity contribution >= 4 is 20.0 Å². The van der Waals surface area contributed by atoms with Crippen molar-refractivity contribution in [3.8, 4) is 0 Å². The van der Waals surface area contributed by atoms with Gasteiger partial charge in [0.15, 0.2) is 0 Å². The van der Waals surface area contributed by atoms with Gasteiger partial charge in [-0.25, -0.2) is 16.8 Å². The molecule has 0 bridgehead atoms. The highest BCUT2D eigenvalue weighted by Crippen LogP contribution is 2.07. The molecule has 17 heavy (non-hydrogen) atoms. The monoisotopic (exact) mass is 278 g/mol. The highest BCUT2D eigenvalue weighted by Gasteiger charge is 2.21. The molecule has 0 spiro atoms. The summed E-state index contributed by atoms with van der Waals surface area (Å²) in [4.78, 5) is 1.90. The first-order chi connectivity index (χ1) is 7.71. The zero-order valence-electron chi connectivity index (χ0n) is 9.49. The largest absolute Gasteiger partial charge is 0.231 e. The van der Waals surface area contributed by atoms with E-state index in [4.69, 9.17) is 0 Å². The number of hydrogen-bond donors (Lipinski definition) is 1. The first kappa shape index (κ1) is 14.1. The molecule has 0 amide bonds. The fourth-order valence-electron chi connectivity index (χ4n) is 1.17. The highest BCUT2D eigenvalue weighted by molar-refractivity contribution is 7.91. The predicted octanol–water partition coefficient (Wildman–Crippen LogP) is -0.0876. The number of hydrazine groups is 1. The molecule has 0 aliphatic heterocycles. The van der Waals surface area contributed by atoms with Crippen molar-refractivity contribution in [2.75, 3.05) is 13.3 Å². The van der Waals surface area contributed by atoms with Gasteiger partial charge in [-0.05, 0) is 5.56 Å². The molecular formula is C9H14N2O4S2. The van der Waals surface area contributed by atoms with Gasteiger partial charge in [0.25, 0.3) is 0 Å². The Labute approximate surface area is 101 Å². The summed E-state index contributed by atoms with van der Waals surface area (Å²) < 4.78 is 46.0. The van der Waals surface area contributed by atoms with Gasteiger partial charge in [0.2, 0.25) is 20.0 Å². The Hall–Kier alpha value is -0.960. The lowest BCUT2D eigenvalue weighted by molar-refractivity contribution is 0.433. The van der Waals surface area contributed by atoms with Gasteiger partial charge >= 0.3 is 0 Å². The SMILES string of the molecule is CN(NS(C)(=O)=O)S(=O)(=O)Cc1ccccc1. The topological polar surface area (TPSA) is 83.6 Å². The molecule has 6 nitrogen and oxygen atoms in total. The molecule has 1 aromatic carbocycles. The minimum atomic E-state index is -3.70. The molecule has 0 aliphatic rings. The average molecular weight is 278 g/mol. The molecular weight excluding hydrogens is 264 g/mol. The Balaban J connectivity index is 2.83. The summed E-state index contributed by atoms with van der Waals surface area (Å²) in [7, 11) is -6.15. The third kappa shape index (κ3) is 4.82. The van der Waals surface area contributed by atoms with E-state index in [1.54, 1.807) is 30.3 Å².